The molecule has 234 valence electrons. The lowest BCUT2D eigenvalue weighted by Gasteiger charge is -2.35. The third-order valence-electron chi connectivity index (χ3n) is 12.0. The van der Waals surface area contributed by atoms with Gasteiger partial charge in [0.15, 0.2) is 0 Å². The number of hydrogen-bond donors (Lipinski definition) is 2. The number of para-hydroxylation sites is 2. The SMILES string of the molecule is CC(NC(N)C1=CC=CCC1)c1ccc2c(c1)c1ccccc1n1c3ccccc3c3ccc4c(c31)n2C1CCC2=C(CCCC2)C41. The van der Waals surface area contributed by atoms with Crippen molar-refractivity contribution in [3.8, 4) is 0 Å². The maximum atomic E-state index is 6.73. The summed E-state index contributed by atoms with van der Waals surface area (Å²) in [7, 11) is 0. The minimum Gasteiger partial charge on any atom is -0.335 e. The Kier molecular flexibility index (Phi) is 6.23. The summed E-state index contributed by atoms with van der Waals surface area (Å²) < 4.78 is 5.39. The lowest BCUT2D eigenvalue weighted by atomic mass is 9.72. The molecule has 3 N–H and O–H groups in total. The first kappa shape index (κ1) is 27.7. The molecule has 3 heterocycles. The van der Waals surface area contributed by atoms with Gasteiger partial charge in [-0.2, -0.15) is 0 Å². The lowest BCUT2D eigenvalue weighted by molar-refractivity contribution is 0.404. The lowest BCUT2D eigenvalue weighted by Crippen LogP contribution is -2.40. The minimum atomic E-state index is -0.155. The summed E-state index contributed by atoms with van der Waals surface area (Å²) in [5.41, 5.74) is 21.0. The number of nitrogens with zero attached hydrogens (tertiary/aromatic N) is 2. The molecule has 10 rings (SSSR count). The predicted octanol–water partition coefficient (Wildman–Crippen LogP) is 10.4. The summed E-state index contributed by atoms with van der Waals surface area (Å²) in [5, 5.41) is 9.03. The topological polar surface area (TPSA) is 47.4 Å². The van der Waals surface area contributed by atoms with Crippen LogP contribution in [0.2, 0.25) is 0 Å². The first-order chi connectivity index (χ1) is 23.2. The molecule has 0 fully saturated rings. The van der Waals surface area contributed by atoms with Crippen LogP contribution in [0.25, 0.3) is 49.1 Å². The van der Waals surface area contributed by atoms with Crippen molar-refractivity contribution in [2.45, 2.75) is 82.5 Å². The van der Waals surface area contributed by atoms with Crippen molar-refractivity contribution in [2.24, 2.45) is 5.73 Å². The molecule has 4 unspecified atom stereocenters. The summed E-state index contributed by atoms with van der Waals surface area (Å²) in [4.78, 5) is 0. The molecule has 6 aromatic rings. The van der Waals surface area contributed by atoms with Gasteiger partial charge in [0.2, 0.25) is 0 Å². The van der Waals surface area contributed by atoms with Crippen LogP contribution in [0.1, 0.15) is 87.4 Å². The van der Waals surface area contributed by atoms with Crippen molar-refractivity contribution in [1.29, 1.82) is 0 Å². The standard InChI is InChI=1S/C43H42N4/c1-26(45-43(44)28-12-3-2-4-13-28)29-20-23-38-35(25-29)32-16-8-10-18-37(32)46-36-17-9-7-15-31(36)33-21-22-34-40-30-14-6-5-11-27(30)19-24-39(40)47(38)42(34)41(33)46/h2-3,7-10,12,15-18,20-23,25-26,39-40,43,45H,4-6,11,13-14,19,24,44H2,1H3. The summed E-state index contributed by atoms with van der Waals surface area (Å²) >= 11 is 0. The molecule has 4 atom stereocenters. The van der Waals surface area contributed by atoms with Crippen molar-refractivity contribution in [1.82, 2.24) is 14.3 Å². The van der Waals surface area contributed by atoms with Crippen LogP contribution in [0.5, 0.6) is 0 Å². The summed E-state index contributed by atoms with van der Waals surface area (Å²) in [6, 6.07) is 30.9. The second-order valence-electron chi connectivity index (χ2n) is 14.4. The van der Waals surface area contributed by atoms with E-state index in [1.54, 1.807) is 11.1 Å². The van der Waals surface area contributed by atoms with Gasteiger partial charge in [-0.15, -0.1) is 0 Å². The van der Waals surface area contributed by atoms with Gasteiger partial charge in [-0.25, -0.2) is 0 Å². The highest BCUT2D eigenvalue weighted by molar-refractivity contribution is 6.18. The smallest absolute Gasteiger partial charge is 0.0782 e. The average molecular weight is 615 g/mol. The quantitative estimate of drug-likeness (QED) is 0.153. The monoisotopic (exact) mass is 614 g/mol. The fraction of sp³-hybridized carbons (Fsp3) is 0.302. The molecular weight excluding hydrogens is 573 g/mol. The number of nitrogens with two attached hydrogens (primary N) is 1. The van der Waals surface area contributed by atoms with Gasteiger partial charge in [0.25, 0.3) is 0 Å². The van der Waals surface area contributed by atoms with Crippen molar-refractivity contribution < 1.29 is 0 Å². The van der Waals surface area contributed by atoms with E-state index in [1.807, 2.05) is 0 Å². The number of nitrogens with one attached hydrogen (secondary N) is 1. The molecular formula is C43H42N4. The Bertz CT molecular complexity index is 2400. The molecule has 0 amide bonds. The predicted molar refractivity (Wildman–Crippen MR) is 197 cm³/mol. The van der Waals surface area contributed by atoms with Gasteiger partial charge in [0.05, 0.1) is 28.2 Å². The van der Waals surface area contributed by atoms with Crippen LogP contribution in [-0.2, 0) is 0 Å². The summed E-state index contributed by atoms with van der Waals surface area (Å²) in [6.07, 6.45) is 16.1. The molecule has 4 aliphatic rings. The van der Waals surface area contributed by atoms with Gasteiger partial charge in [-0.05, 0) is 99.3 Å². The van der Waals surface area contributed by atoms with Crippen LogP contribution in [0.4, 0.5) is 0 Å². The zero-order valence-corrected chi connectivity index (χ0v) is 27.2. The maximum absolute atomic E-state index is 6.73. The van der Waals surface area contributed by atoms with Crippen LogP contribution in [0.15, 0.2) is 114 Å². The molecule has 4 aromatic carbocycles. The van der Waals surface area contributed by atoms with E-state index in [9.17, 15) is 0 Å². The van der Waals surface area contributed by atoms with Gasteiger partial charge in [-0.1, -0.05) is 84.0 Å². The molecule has 4 heteroatoms. The molecule has 0 saturated carbocycles. The Balaban J connectivity index is 1.30. The van der Waals surface area contributed by atoms with Crippen LogP contribution in [0.3, 0.4) is 0 Å². The van der Waals surface area contributed by atoms with Crippen LogP contribution >= 0.6 is 0 Å². The van der Waals surface area contributed by atoms with E-state index in [2.05, 4.69) is 118 Å². The number of benzene rings is 4. The Morgan fingerprint density at radius 1 is 0.766 bits per heavy atom. The molecule has 3 aliphatic carbocycles. The van der Waals surface area contributed by atoms with Crippen LogP contribution in [-0.4, -0.2) is 15.1 Å². The first-order valence-electron chi connectivity index (χ1n) is 17.8. The Morgan fingerprint density at radius 2 is 1.55 bits per heavy atom. The largest absolute Gasteiger partial charge is 0.335 e. The summed E-state index contributed by atoms with van der Waals surface area (Å²) in [6.45, 7) is 2.26. The number of hydrogen-bond acceptors (Lipinski definition) is 2. The van der Waals surface area contributed by atoms with Gasteiger partial charge in [0, 0.05) is 45.1 Å². The van der Waals surface area contributed by atoms with Crippen LogP contribution in [0, 0.1) is 0 Å². The highest BCUT2D eigenvalue weighted by Crippen LogP contribution is 2.56. The van der Waals surface area contributed by atoms with Crippen LogP contribution < -0.4 is 11.1 Å². The molecule has 0 radical (unpaired) electrons. The third-order valence-corrected chi connectivity index (χ3v) is 12.0. The minimum absolute atomic E-state index is 0.109. The highest BCUT2D eigenvalue weighted by atomic mass is 15.1. The van der Waals surface area contributed by atoms with E-state index in [4.69, 9.17) is 5.73 Å². The Morgan fingerprint density at radius 3 is 2.36 bits per heavy atom. The highest BCUT2D eigenvalue weighted by Gasteiger charge is 2.41. The second kappa shape index (κ2) is 10.6. The van der Waals surface area contributed by atoms with E-state index in [0.717, 1.165) is 12.8 Å². The first-order valence-corrected chi connectivity index (χ1v) is 17.8. The number of fused-ring (bicyclic) bond motifs is 12. The van der Waals surface area contributed by atoms with E-state index in [1.165, 1.54) is 104 Å². The number of aromatic nitrogens is 2. The fourth-order valence-electron chi connectivity index (χ4n) is 9.82. The Labute approximate surface area is 275 Å². The fourth-order valence-corrected chi connectivity index (χ4v) is 9.82. The maximum Gasteiger partial charge on any atom is 0.0782 e. The number of rotatable bonds is 4. The second-order valence-corrected chi connectivity index (χ2v) is 14.4. The molecule has 2 aromatic heterocycles. The number of allylic oxidation sites excluding steroid dienone is 5. The third kappa shape index (κ3) is 4.01. The molecule has 0 saturated heterocycles. The van der Waals surface area contributed by atoms with E-state index < -0.39 is 0 Å². The zero-order chi connectivity index (χ0) is 31.2. The molecule has 47 heavy (non-hydrogen) atoms. The molecule has 4 nitrogen and oxygen atoms in total. The van der Waals surface area contributed by atoms with Crippen molar-refractivity contribution in [3.05, 3.63) is 125 Å². The normalized spacial score (nSPS) is 21.9. The van der Waals surface area contributed by atoms with Gasteiger partial charge in [-0.3, -0.25) is 5.32 Å². The molecule has 0 bridgehead atoms. The van der Waals surface area contributed by atoms with Gasteiger partial charge >= 0.3 is 0 Å². The molecule has 0 spiro atoms. The van der Waals surface area contributed by atoms with Crippen molar-refractivity contribution in [2.75, 3.05) is 0 Å². The van der Waals surface area contributed by atoms with Crippen molar-refractivity contribution >= 4 is 49.1 Å². The van der Waals surface area contributed by atoms with E-state index in [0.29, 0.717) is 12.0 Å². The van der Waals surface area contributed by atoms with Gasteiger partial charge < -0.3 is 14.7 Å². The Hall–Kier alpha value is -4.38. The average Bonchev–Trinajstić information content (AvgIpc) is 3.64. The van der Waals surface area contributed by atoms with Gasteiger partial charge in [0.1, 0.15) is 0 Å². The van der Waals surface area contributed by atoms with Crippen molar-refractivity contribution in [3.63, 3.8) is 0 Å². The zero-order valence-electron chi connectivity index (χ0n) is 27.2. The van der Waals surface area contributed by atoms with E-state index >= 15 is 0 Å². The summed E-state index contributed by atoms with van der Waals surface area (Å²) in [5.74, 6) is 0.468. The molecule has 1 aliphatic heterocycles. The van der Waals surface area contributed by atoms with E-state index in [-0.39, 0.29) is 12.2 Å².